The first kappa shape index (κ1) is 9.38. The molecule has 5 heteroatoms. The summed E-state index contributed by atoms with van der Waals surface area (Å²) in [6.45, 7) is 0. The summed E-state index contributed by atoms with van der Waals surface area (Å²) < 4.78 is 37.1. The van der Waals surface area contributed by atoms with Crippen molar-refractivity contribution in [3.63, 3.8) is 0 Å². The van der Waals surface area contributed by atoms with E-state index in [1.165, 1.54) is 0 Å². The zero-order chi connectivity index (χ0) is 9.30. The lowest BCUT2D eigenvalue weighted by molar-refractivity contribution is 0.146. The van der Waals surface area contributed by atoms with Gasteiger partial charge in [0.2, 0.25) is 0 Å². The summed E-state index contributed by atoms with van der Waals surface area (Å²) in [5, 5.41) is 0. The molecule has 0 saturated heterocycles. The Hall–Kier alpha value is -0.710. The molecule has 0 radical (unpaired) electrons. The summed E-state index contributed by atoms with van der Waals surface area (Å²) in [5.74, 6) is -0.953. The molecule has 1 nitrogen and oxygen atoms in total. The number of halogens is 4. The molecule has 0 atom stereocenters. The maximum atomic E-state index is 12.7. The Morgan fingerprint density at radius 3 is 2.42 bits per heavy atom. The number of hydrogen-bond acceptors (Lipinski definition) is 1. The third kappa shape index (κ3) is 1.72. The van der Waals surface area contributed by atoms with E-state index in [-0.39, 0.29) is 10.2 Å². The van der Waals surface area contributed by atoms with E-state index in [2.05, 4.69) is 15.9 Å². The number of rotatable bonds is 1. The molecule has 0 saturated carbocycles. The van der Waals surface area contributed by atoms with Gasteiger partial charge in [0.05, 0.1) is 5.56 Å². The number of nitrogen functional groups attached to an aromatic ring is 1. The second kappa shape index (κ2) is 3.35. The standard InChI is InChI=1S/C7H5BrF3N/c8-4-2-5(9)3(7(10)11)1-6(4)12/h1-2,7H,12H2. The van der Waals surface area contributed by atoms with Gasteiger partial charge in [0.25, 0.3) is 6.43 Å². The highest BCUT2D eigenvalue weighted by atomic mass is 79.9. The van der Waals surface area contributed by atoms with Crippen LogP contribution in [0, 0.1) is 5.82 Å². The number of nitrogens with two attached hydrogens (primary N) is 1. The van der Waals surface area contributed by atoms with Gasteiger partial charge in [-0.05, 0) is 28.1 Å². The summed E-state index contributed by atoms with van der Waals surface area (Å²) in [7, 11) is 0. The van der Waals surface area contributed by atoms with Crippen molar-refractivity contribution in [2.75, 3.05) is 5.73 Å². The predicted molar refractivity (Wildman–Crippen MR) is 43.5 cm³/mol. The van der Waals surface area contributed by atoms with E-state index in [1.807, 2.05) is 0 Å². The normalized spacial score (nSPS) is 10.8. The molecule has 1 aromatic carbocycles. The summed E-state index contributed by atoms with van der Waals surface area (Å²) >= 11 is 2.92. The smallest absolute Gasteiger partial charge is 0.266 e. The first-order valence-electron chi connectivity index (χ1n) is 3.05. The molecule has 12 heavy (non-hydrogen) atoms. The number of alkyl halides is 2. The van der Waals surface area contributed by atoms with Gasteiger partial charge < -0.3 is 5.73 Å². The molecule has 0 fully saturated rings. The van der Waals surface area contributed by atoms with Crippen molar-refractivity contribution in [3.8, 4) is 0 Å². The highest BCUT2D eigenvalue weighted by Gasteiger charge is 2.14. The number of benzene rings is 1. The van der Waals surface area contributed by atoms with Crippen molar-refractivity contribution >= 4 is 21.6 Å². The van der Waals surface area contributed by atoms with E-state index < -0.39 is 17.8 Å². The van der Waals surface area contributed by atoms with Gasteiger partial charge in [0.15, 0.2) is 0 Å². The van der Waals surface area contributed by atoms with Crippen LogP contribution in [-0.2, 0) is 0 Å². The molecule has 0 aliphatic heterocycles. The van der Waals surface area contributed by atoms with Gasteiger partial charge in [-0.15, -0.1) is 0 Å². The molecule has 0 spiro atoms. The fourth-order valence-electron chi connectivity index (χ4n) is 0.751. The Kier molecular flexibility index (Phi) is 2.62. The molecule has 2 N–H and O–H groups in total. The Balaban J connectivity index is 3.23. The molecule has 0 unspecified atom stereocenters. The van der Waals surface area contributed by atoms with E-state index in [1.54, 1.807) is 0 Å². The van der Waals surface area contributed by atoms with E-state index in [0.29, 0.717) is 0 Å². The van der Waals surface area contributed by atoms with Crippen LogP contribution in [0.15, 0.2) is 16.6 Å². The van der Waals surface area contributed by atoms with Crippen LogP contribution in [0.3, 0.4) is 0 Å². The van der Waals surface area contributed by atoms with Crippen LogP contribution in [-0.4, -0.2) is 0 Å². The van der Waals surface area contributed by atoms with E-state index in [4.69, 9.17) is 5.73 Å². The van der Waals surface area contributed by atoms with Gasteiger partial charge in [0.1, 0.15) is 5.82 Å². The summed E-state index contributed by atoms with van der Waals surface area (Å²) in [5.41, 5.74) is 4.71. The molecule has 0 aliphatic rings. The Labute approximate surface area is 75.5 Å². The van der Waals surface area contributed by atoms with Crippen LogP contribution in [0.1, 0.15) is 12.0 Å². The third-order valence-electron chi connectivity index (χ3n) is 1.35. The topological polar surface area (TPSA) is 26.0 Å². The van der Waals surface area contributed by atoms with Crippen LogP contribution in [0.5, 0.6) is 0 Å². The predicted octanol–water partition coefficient (Wildman–Crippen LogP) is 3.11. The summed E-state index contributed by atoms with van der Waals surface area (Å²) in [6, 6.07) is 1.85. The van der Waals surface area contributed by atoms with Crippen molar-refractivity contribution in [2.24, 2.45) is 0 Å². The SMILES string of the molecule is Nc1cc(C(F)F)c(F)cc1Br. The number of anilines is 1. The minimum atomic E-state index is -2.83. The largest absolute Gasteiger partial charge is 0.398 e. The third-order valence-corrected chi connectivity index (χ3v) is 2.04. The molecule has 0 aliphatic carbocycles. The van der Waals surface area contributed by atoms with Crippen molar-refractivity contribution < 1.29 is 13.2 Å². The van der Waals surface area contributed by atoms with Gasteiger partial charge >= 0.3 is 0 Å². The van der Waals surface area contributed by atoms with Crippen molar-refractivity contribution in [3.05, 3.63) is 28.0 Å². The van der Waals surface area contributed by atoms with Gasteiger partial charge in [0, 0.05) is 10.2 Å². The van der Waals surface area contributed by atoms with E-state index in [0.717, 1.165) is 12.1 Å². The van der Waals surface area contributed by atoms with Crippen LogP contribution >= 0.6 is 15.9 Å². The van der Waals surface area contributed by atoms with Crippen LogP contribution in [0.25, 0.3) is 0 Å². The van der Waals surface area contributed by atoms with Crippen molar-refractivity contribution in [1.29, 1.82) is 0 Å². The zero-order valence-corrected chi connectivity index (χ0v) is 7.41. The molecule has 1 aromatic rings. The average molecular weight is 240 g/mol. The van der Waals surface area contributed by atoms with Gasteiger partial charge in [-0.2, -0.15) is 0 Å². The first-order chi connectivity index (χ1) is 5.52. The fourth-order valence-corrected chi connectivity index (χ4v) is 1.07. The molecule has 1 rings (SSSR count). The summed E-state index contributed by atoms with van der Waals surface area (Å²) in [6.07, 6.45) is -2.83. The molecular weight excluding hydrogens is 235 g/mol. The van der Waals surface area contributed by atoms with E-state index in [9.17, 15) is 13.2 Å². The number of hydrogen-bond donors (Lipinski definition) is 1. The summed E-state index contributed by atoms with van der Waals surface area (Å²) in [4.78, 5) is 0. The minimum Gasteiger partial charge on any atom is -0.398 e. The molecule has 0 heterocycles. The first-order valence-corrected chi connectivity index (χ1v) is 3.84. The zero-order valence-electron chi connectivity index (χ0n) is 5.82. The Morgan fingerprint density at radius 1 is 1.33 bits per heavy atom. The molecule has 0 aromatic heterocycles. The minimum absolute atomic E-state index is 0.103. The van der Waals surface area contributed by atoms with Crippen molar-refractivity contribution in [2.45, 2.75) is 6.43 Å². The Bertz CT molecular complexity index is 301. The van der Waals surface area contributed by atoms with Crippen molar-refractivity contribution in [1.82, 2.24) is 0 Å². The van der Waals surface area contributed by atoms with E-state index >= 15 is 0 Å². The van der Waals surface area contributed by atoms with Gasteiger partial charge in [-0.3, -0.25) is 0 Å². The second-order valence-corrected chi connectivity index (χ2v) is 3.05. The Morgan fingerprint density at radius 2 is 1.92 bits per heavy atom. The molecule has 66 valence electrons. The second-order valence-electron chi connectivity index (χ2n) is 2.20. The quantitative estimate of drug-likeness (QED) is 0.750. The maximum Gasteiger partial charge on any atom is 0.266 e. The lowest BCUT2D eigenvalue weighted by atomic mass is 10.2. The highest BCUT2D eigenvalue weighted by Crippen LogP contribution is 2.29. The van der Waals surface area contributed by atoms with Crippen LogP contribution in [0.4, 0.5) is 18.9 Å². The monoisotopic (exact) mass is 239 g/mol. The average Bonchev–Trinajstić information content (AvgIpc) is 1.96. The fraction of sp³-hybridized carbons (Fsp3) is 0.143. The molecular formula is C7H5BrF3N. The lowest BCUT2D eigenvalue weighted by Crippen LogP contribution is -1.95. The van der Waals surface area contributed by atoms with Gasteiger partial charge in [-0.25, -0.2) is 13.2 Å². The lowest BCUT2D eigenvalue weighted by Gasteiger charge is -2.04. The maximum absolute atomic E-state index is 12.7. The molecule has 0 bridgehead atoms. The van der Waals surface area contributed by atoms with Gasteiger partial charge in [-0.1, -0.05) is 0 Å². The van der Waals surface area contributed by atoms with Crippen LogP contribution in [0.2, 0.25) is 0 Å². The van der Waals surface area contributed by atoms with Crippen LogP contribution < -0.4 is 5.73 Å². The molecule has 0 amide bonds. The highest BCUT2D eigenvalue weighted by molar-refractivity contribution is 9.10.